The average molecular weight is 456 g/mol. The second-order valence-corrected chi connectivity index (χ2v) is 7.58. The molecule has 32 heavy (non-hydrogen) atoms. The number of nitrogens with two attached hydrogens (primary N) is 1. The van der Waals surface area contributed by atoms with Gasteiger partial charge in [0.25, 0.3) is 0 Å². The van der Waals surface area contributed by atoms with Crippen molar-refractivity contribution in [3.63, 3.8) is 0 Å². The SMILES string of the molecule is Nc1ccn([C@@H]2O[C@H](Cn3cc(CO[C@@H]4OC[C@@H](O)[C@@H](O)[C@H]4O)nn3)[C@@H](O)[C@H]2O)c(=O)n1. The Morgan fingerprint density at radius 1 is 1.16 bits per heavy atom. The van der Waals surface area contributed by atoms with Crippen LogP contribution in [0.15, 0.2) is 23.3 Å². The van der Waals surface area contributed by atoms with Gasteiger partial charge in [-0.05, 0) is 6.07 Å². The molecular weight excluding hydrogens is 432 g/mol. The number of aliphatic hydroxyl groups is 5. The molecule has 2 saturated heterocycles. The maximum atomic E-state index is 12.0. The molecule has 2 fully saturated rings. The lowest BCUT2D eigenvalue weighted by Crippen LogP contribution is -2.53. The second kappa shape index (κ2) is 9.16. The molecule has 15 nitrogen and oxygen atoms in total. The molecule has 2 aliphatic heterocycles. The summed E-state index contributed by atoms with van der Waals surface area (Å²) in [6.07, 6.45) is -7.14. The maximum absolute atomic E-state index is 12.0. The Kier molecular flexibility index (Phi) is 6.50. The Labute approximate surface area is 180 Å². The minimum Gasteiger partial charge on any atom is -0.388 e. The molecule has 4 heterocycles. The van der Waals surface area contributed by atoms with E-state index in [1.807, 2.05) is 0 Å². The summed E-state index contributed by atoms with van der Waals surface area (Å²) in [6.45, 7) is -0.300. The van der Waals surface area contributed by atoms with Gasteiger partial charge < -0.3 is 45.5 Å². The zero-order valence-corrected chi connectivity index (χ0v) is 16.7. The van der Waals surface area contributed by atoms with E-state index in [9.17, 15) is 30.3 Å². The van der Waals surface area contributed by atoms with Crippen molar-refractivity contribution in [2.24, 2.45) is 0 Å². The summed E-state index contributed by atoms with van der Waals surface area (Å²) in [5.41, 5.74) is 5.08. The molecule has 0 saturated carbocycles. The van der Waals surface area contributed by atoms with Crippen LogP contribution in [0.5, 0.6) is 0 Å². The highest BCUT2D eigenvalue weighted by molar-refractivity contribution is 5.23. The van der Waals surface area contributed by atoms with E-state index in [-0.39, 0.29) is 25.6 Å². The zero-order chi connectivity index (χ0) is 23.0. The predicted molar refractivity (Wildman–Crippen MR) is 101 cm³/mol. The van der Waals surface area contributed by atoms with Crippen molar-refractivity contribution in [1.29, 1.82) is 0 Å². The fraction of sp³-hybridized carbons (Fsp3) is 0.647. The molecule has 4 rings (SSSR count). The lowest BCUT2D eigenvalue weighted by molar-refractivity contribution is -0.273. The number of nitrogen functional groups attached to an aromatic ring is 1. The molecule has 2 aliphatic rings. The number of nitrogens with zero attached hydrogens (tertiary/aromatic N) is 5. The predicted octanol–water partition coefficient (Wildman–Crippen LogP) is -4.31. The quantitative estimate of drug-likeness (QED) is 0.242. The number of ether oxygens (including phenoxy) is 3. The lowest BCUT2D eigenvalue weighted by Gasteiger charge is -2.34. The van der Waals surface area contributed by atoms with E-state index in [0.29, 0.717) is 5.69 Å². The number of aromatic nitrogens is 5. The van der Waals surface area contributed by atoms with E-state index in [0.717, 1.165) is 4.57 Å². The van der Waals surface area contributed by atoms with Crippen molar-refractivity contribution < 1.29 is 39.7 Å². The molecule has 0 radical (unpaired) electrons. The van der Waals surface area contributed by atoms with Crippen LogP contribution in [0, 0.1) is 0 Å². The summed E-state index contributed by atoms with van der Waals surface area (Å²) in [6, 6.07) is 1.37. The molecule has 0 aromatic carbocycles. The summed E-state index contributed by atoms with van der Waals surface area (Å²) in [5.74, 6) is 0.0185. The fourth-order valence-electron chi connectivity index (χ4n) is 3.50. The average Bonchev–Trinajstić information content (AvgIpc) is 3.31. The standard InChI is InChI=1S/C17H24N6O9/c18-10-1-2-23(17(29)19-10)15-13(27)12(26)9(32-15)4-22-3-7(20-21-22)5-30-16-14(28)11(25)8(24)6-31-16/h1-3,8-9,11-16,24-28H,4-6H2,(H2,18,19,29)/t8-,9-,11-,12-,13-,14-,15-,16-/m1/s1. The number of hydrogen-bond acceptors (Lipinski definition) is 13. The van der Waals surface area contributed by atoms with E-state index in [1.165, 1.54) is 23.1 Å². The first kappa shape index (κ1) is 22.7. The molecule has 0 spiro atoms. The van der Waals surface area contributed by atoms with E-state index in [1.54, 1.807) is 0 Å². The van der Waals surface area contributed by atoms with Crippen molar-refractivity contribution in [1.82, 2.24) is 24.5 Å². The van der Waals surface area contributed by atoms with Gasteiger partial charge in [0.2, 0.25) is 0 Å². The van der Waals surface area contributed by atoms with Crippen molar-refractivity contribution >= 4 is 5.82 Å². The minimum absolute atomic E-state index is 0.00629. The molecule has 15 heteroatoms. The topological polar surface area (TPSA) is 220 Å². The molecule has 0 unspecified atom stereocenters. The van der Waals surface area contributed by atoms with Gasteiger partial charge in [-0.1, -0.05) is 5.21 Å². The molecular formula is C17H24N6O9. The smallest absolute Gasteiger partial charge is 0.351 e. The van der Waals surface area contributed by atoms with Crippen molar-refractivity contribution in [2.75, 3.05) is 12.3 Å². The summed E-state index contributed by atoms with van der Waals surface area (Å²) in [7, 11) is 0. The van der Waals surface area contributed by atoms with Crippen LogP contribution in [-0.4, -0.2) is 99.6 Å². The first-order chi connectivity index (χ1) is 15.2. The van der Waals surface area contributed by atoms with Gasteiger partial charge >= 0.3 is 5.69 Å². The van der Waals surface area contributed by atoms with Crippen LogP contribution in [0.25, 0.3) is 0 Å². The Morgan fingerprint density at radius 3 is 2.69 bits per heavy atom. The van der Waals surface area contributed by atoms with Gasteiger partial charge in [0, 0.05) is 6.20 Å². The molecule has 8 atom stereocenters. The maximum Gasteiger partial charge on any atom is 0.351 e. The molecule has 7 N–H and O–H groups in total. The molecule has 0 aliphatic carbocycles. The van der Waals surface area contributed by atoms with Gasteiger partial charge in [0.15, 0.2) is 12.5 Å². The van der Waals surface area contributed by atoms with E-state index < -0.39 is 54.8 Å². The molecule has 0 bridgehead atoms. The third-order valence-corrected chi connectivity index (χ3v) is 5.27. The van der Waals surface area contributed by atoms with E-state index >= 15 is 0 Å². The molecule has 2 aromatic heterocycles. The van der Waals surface area contributed by atoms with Crippen LogP contribution < -0.4 is 11.4 Å². The Bertz CT molecular complexity index is 985. The highest BCUT2D eigenvalue weighted by Gasteiger charge is 2.44. The van der Waals surface area contributed by atoms with Crippen molar-refractivity contribution in [3.05, 3.63) is 34.6 Å². The van der Waals surface area contributed by atoms with Crippen molar-refractivity contribution in [2.45, 2.75) is 62.3 Å². The fourth-order valence-corrected chi connectivity index (χ4v) is 3.50. The molecule has 0 amide bonds. The molecule has 2 aromatic rings. The summed E-state index contributed by atoms with van der Waals surface area (Å²) >= 11 is 0. The number of aliphatic hydroxyl groups excluding tert-OH is 5. The number of anilines is 1. The van der Waals surface area contributed by atoms with Crippen LogP contribution >= 0.6 is 0 Å². The first-order valence-corrected chi connectivity index (χ1v) is 9.77. The zero-order valence-electron chi connectivity index (χ0n) is 16.7. The largest absolute Gasteiger partial charge is 0.388 e. The third-order valence-electron chi connectivity index (χ3n) is 5.27. The van der Waals surface area contributed by atoms with Gasteiger partial charge in [-0.2, -0.15) is 4.98 Å². The summed E-state index contributed by atoms with van der Waals surface area (Å²) in [5, 5.41) is 57.5. The van der Waals surface area contributed by atoms with Gasteiger partial charge in [-0.15, -0.1) is 5.10 Å². The summed E-state index contributed by atoms with van der Waals surface area (Å²) < 4.78 is 18.6. The number of hydrogen-bond donors (Lipinski definition) is 6. The van der Waals surface area contributed by atoms with Gasteiger partial charge in [0.05, 0.1) is 26.0 Å². The highest BCUT2D eigenvalue weighted by Crippen LogP contribution is 2.29. The van der Waals surface area contributed by atoms with Crippen LogP contribution in [0.1, 0.15) is 11.9 Å². The van der Waals surface area contributed by atoms with E-state index in [4.69, 9.17) is 19.9 Å². The molecule has 176 valence electrons. The normalized spacial score (nSPS) is 35.3. The van der Waals surface area contributed by atoms with Gasteiger partial charge in [0.1, 0.15) is 48.1 Å². The van der Waals surface area contributed by atoms with Crippen molar-refractivity contribution in [3.8, 4) is 0 Å². The highest BCUT2D eigenvalue weighted by atomic mass is 16.7. The Hall–Kier alpha value is -2.50. The van der Waals surface area contributed by atoms with Crippen LogP contribution in [0.4, 0.5) is 5.82 Å². The Morgan fingerprint density at radius 2 is 1.94 bits per heavy atom. The second-order valence-electron chi connectivity index (χ2n) is 7.58. The van der Waals surface area contributed by atoms with Gasteiger partial charge in [-0.3, -0.25) is 4.57 Å². The van der Waals surface area contributed by atoms with Crippen LogP contribution in [-0.2, 0) is 27.4 Å². The minimum atomic E-state index is -1.43. The Balaban J connectivity index is 1.35. The van der Waals surface area contributed by atoms with Gasteiger partial charge in [-0.25, -0.2) is 9.48 Å². The third kappa shape index (κ3) is 4.50. The van der Waals surface area contributed by atoms with Crippen LogP contribution in [0.2, 0.25) is 0 Å². The van der Waals surface area contributed by atoms with Crippen LogP contribution in [0.3, 0.4) is 0 Å². The number of rotatable bonds is 6. The summed E-state index contributed by atoms with van der Waals surface area (Å²) in [4.78, 5) is 15.6. The first-order valence-electron chi connectivity index (χ1n) is 9.77. The van der Waals surface area contributed by atoms with E-state index in [2.05, 4.69) is 15.3 Å². The monoisotopic (exact) mass is 456 g/mol. The lowest BCUT2D eigenvalue weighted by atomic mass is 10.1.